The number of halogens is 1. The van der Waals surface area contributed by atoms with Gasteiger partial charge < -0.3 is 20.1 Å². The van der Waals surface area contributed by atoms with Crippen molar-refractivity contribution in [1.82, 2.24) is 10.2 Å². The summed E-state index contributed by atoms with van der Waals surface area (Å²) in [7, 11) is 0. The fourth-order valence-electron chi connectivity index (χ4n) is 3.92. The molecule has 0 saturated carbocycles. The Morgan fingerprint density at radius 3 is 2.50 bits per heavy atom. The number of aryl methyl sites for hydroxylation is 2. The molecule has 0 unspecified atom stereocenters. The molecule has 3 aromatic carbocycles. The lowest BCUT2D eigenvalue weighted by Crippen LogP contribution is -2.30. The molecule has 1 fully saturated rings. The first-order chi connectivity index (χ1) is 18.2. The summed E-state index contributed by atoms with van der Waals surface area (Å²) in [5.41, 5.74) is 4.45. The van der Waals surface area contributed by atoms with Crippen LogP contribution in [0.1, 0.15) is 29.2 Å². The second kappa shape index (κ2) is 12.0. The first-order valence-corrected chi connectivity index (χ1v) is 12.9. The van der Waals surface area contributed by atoms with Gasteiger partial charge in [-0.15, -0.1) is 0 Å². The number of nitrogens with one attached hydrogen (secondary N) is 2. The Labute approximate surface area is 229 Å². The lowest BCUT2D eigenvalue weighted by atomic mass is 10.1. The van der Waals surface area contributed by atoms with Gasteiger partial charge in [0.1, 0.15) is 5.70 Å². The molecule has 0 bridgehead atoms. The normalized spacial score (nSPS) is 14.0. The smallest absolute Gasteiger partial charge is 0.329 e. The standard InChI is InChI=1S/C29H28BrN3O5/c1-4-37-25-15-21(13-23(30)27(25)38-17-26(34)31-22-10-8-18(2)9-11-22)14-24-28(35)33(29(36)32-24)16-20-7-5-6-19(3)12-20/h5-15H,4,16-17H2,1-3H3,(H,31,34)(H,32,36)/b24-14+. The Bertz CT molecular complexity index is 1400. The number of ether oxygens (including phenoxy) is 2. The molecule has 8 nitrogen and oxygen atoms in total. The number of amides is 4. The van der Waals surface area contributed by atoms with Crippen LogP contribution in [0.4, 0.5) is 10.5 Å². The van der Waals surface area contributed by atoms with E-state index in [0.29, 0.717) is 33.8 Å². The van der Waals surface area contributed by atoms with E-state index < -0.39 is 11.9 Å². The highest BCUT2D eigenvalue weighted by molar-refractivity contribution is 9.10. The number of imide groups is 1. The van der Waals surface area contributed by atoms with Gasteiger partial charge in [-0.2, -0.15) is 0 Å². The molecule has 0 aliphatic carbocycles. The number of hydrogen-bond donors (Lipinski definition) is 2. The molecule has 0 radical (unpaired) electrons. The summed E-state index contributed by atoms with van der Waals surface area (Å²) in [6, 6.07) is 18.1. The molecule has 4 rings (SSSR count). The zero-order valence-corrected chi connectivity index (χ0v) is 22.9. The van der Waals surface area contributed by atoms with Gasteiger partial charge in [-0.05, 0) is 78.2 Å². The average molecular weight is 578 g/mol. The summed E-state index contributed by atoms with van der Waals surface area (Å²) >= 11 is 3.48. The van der Waals surface area contributed by atoms with Gasteiger partial charge in [-0.25, -0.2) is 4.79 Å². The first-order valence-electron chi connectivity index (χ1n) is 12.1. The number of anilines is 1. The molecule has 0 spiro atoms. The van der Waals surface area contributed by atoms with Crippen molar-refractivity contribution < 1.29 is 23.9 Å². The van der Waals surface area contributed by atoms with Crippen molar-refractivity contribution in [2.75, 3.05) is 18.5 Å². The van der Waals surface area contributed by atoms with E-state index in [4.69, 9.17) is 9.47 Å². The maximum absolute atomic E-state index is 13.0. The summed E-state index contributed by atoms with van der Waals surface area (Å²) in [5, 5.41) is 5.44. The maximum Gasteiger partial charge on any atom is 0.329 e. The topological polar surface area (TPSA) is 97.0 Å². The van der Waals surface area contributed by atoms with Crippen LogP contribution in [-0.4, -0.2) is 36.0 Å². The monoisotopic (exact) mass is 577 g/mol. The van der Waals surface area contributed by atoms with Crippen molar-refractivity contribution >= 4 is 45.5 Å². The molecule has 4 amide bonds. The molecule has 2 N–H and O–H groups in total. The molecule has 9 heteroatoms. The van der Waals surface area contributed by atoms with E-state index in [-0.39, 0.29) is 24.8 Å². The van der Waals surface area contributed by atoms with Gasteiger partial charge in [0.25, 0.3) is 11.8 Å². The Hall–Kier alpha value is -4.11. The Morgan fingerprint density at radius 2 is 1.79 bits per heavy atom. The lowest BCUT2D eigenvalue weighted by molar-refractivity contribution is -0.123. The van der Waals surface area contributed by atoms with Crippen LogP contribution >= 0.6 is 15.9 Å². The maximum atomic E-state index is 13.0. The number of carbonyl (C=O) groups excluding carboxylic acids is 3. The van der Waals surface area contributed by atoms with Crippen LogP contribution in [0.5, 0.6) is 11.5 Å². The van der Waals surface area contributed by atoms with E-state index in [1.54, 1.807) is 18.2 Å². The third-order valence-electron chi connectivity index (χ3n) is 5.71. The van der Waals surface area contributed by atoms with E-state index in [1.807, 2.05) is 69.3 Å². The summed E-state index contributed by atoms with van der Waals surface area (Å²) in [4.78, 5) is 39.1. The van der Waals surface area contributed by atoms with Crippen LogP contribution in [0.2, 0.25) is 0 Å². The van der Waals surface area contributed by atoms with Gasteiger partial charge in [-0.3, -0.25) is 14.5 Å². The summed E-state index contributed by atoms with van der Waals surface area (Å²) in [5.74, 6) is 0.0159. The minimum Gasteiger partial charge on any atom is -0.490 e. The van der Waals surface area contributed by atoms with Gasteiger partial charge in [-0.1, -0.05) is 47.5 Å². The van der Waals surface area contributed by atoms with Crippen molar-refractivity contribution in [2.45, 2.75) is 27.3 Å². The second-order valence-electron chi connectivity index (χ2n) is 8.83. The third-order valence-corrected chi connectivity index (χ3v) is 6.30. The fraction of sp³-hybridized carbons (Fsp3) is 0.207. The minimum atomic E-state index is -0.480. The zero-order valence-electron chi connectivity index (χ0n) is 21.3. The molecule has 0 atom stereocenters. The highest BCUT2D eigenvalue weighted by Crippen LogP contribution is 2.37. The third kappa shape index (κ3) is 6.60. The van der Waals surface area contributed by atoms with E-state index in [2.05, 4.69) is 26.6 Å². The molecule has 1 aliphatic heterocycles. The second-order valence-corrected chi connectivity index (χ2v) is 9.69. The van der Waals surface area contributed by atoms with Crippen molar-refractivity contribution in [2.24, 2.45) is 0 Å². The minimum absolute atomic E-state index is 0.156. The Balaban J connectivity index is 1.48. The number of benzene rings is 3. The van der Waals surface area contributed by atoms with Crippen LogP contribution in [0, 0.1) is 13.8 Å². The number of nitrogens with zero attached hydrogens (tertiary/aromatic N) is 1. The van der Waals surface area contributed by atoms with E-state index in [9.17, 15) is 14.4 Å². The number of carbonyl (C=O) groups is 3. The average Bonchev–Trinajstić information content (AvgIpc) is 3.12. The van der Waals surface area contributed by atoms with Crippen molar-refractivity contribution in [3.05, 3.63) is 93.1 Å². The molecular weight excluding hydrogens is 550 g/mol. The zero-order chi connectivity index (χ0) is 27.2. The van der Waals surface area contributed by atoms with Crippen molar-refractivity contribution in [3.8, 4) is 11.5 Å². The Morgan fingerprint density at radius 1 is 1.03 bits per heavy atom. The van der Waals surface area contributed by atoms with Crippen molar-refractivity contribution in [1.29, 1.82) is 0 Å². The molecule has 3 aromatic rings. The van der Waals surface area contributed by atoms with Gasteiger partial charge in [0.15, 0.2) is 18.1 Å². The predicted octanol–water partition coefficient (Wildman–Crippen LogP) is 5.58. The molecule has 0 aromatic heterocycles. The molecule has 1 heterocycles. The Kier molecular flexibility index (Phi) is 8.48. The fourth-order valence-corrected chi connectivity index (χ4v) is 4.50. The summed E-state index contributed by atoms with van der Waals surface area (Å²) in [6.45, 7) is 6.07. The van der Waals surface area contributed by atoms with Crippen LogP contribution in [0.3, 0.4) is 0 Å². The highest BCUT2D eigenvalue weighted by atomic mass is 79.9. The molecule has 1 aliphatic rings. The van der Waals surface area contributed by atoms with Gasteiger partial charge >= 0.3 is 6.03 Å². The molecular formula is C29H28BrN3O5. The van der Waals surface area contributed by atoms with Crippen LogP contribution in [-0.2, 0) is 16.1 Å². The lowest BCUT2D eigenvalue weighted by Gasteiger charge is -2.15. The van der Waals surface area contributed by atoms with E-state index in [0.717, 1.165) is 16.7 Å². The van der Waals surface area contributed by atoms with E-state index >= 15 is 0 Å². The molecule has 38 heavy (non-hydrogen) atoms. The largest absolute Gasteiger partial charge is 0.490 e. The quantitative estimate of drug-likeness (QED) is 0.256. The van der Waals surface area contributed by atoms with E-state index in [1.165, 1.54) is 4.90 Å². The van der Waals surface area contributed by atoms with Gasteiger partial charge in [0.05, 0.1) is 17.6 Å². The summed E-state index contributed by atoms with van der Waals surface area (Å²) in [6.07, 6.45) is 1.58. The van der Waals surface area contributed by atoms with Crippen LogP contribution in [0.15, 0.2) is 70.8 Å². The number of hydrogen-bond acceptors (Lipinski definition) is 5. The van der Waals surface area contributed by atoms with Crippen LogP contribution < -0.4 is 20.1 Å². The first kappa shape index (κ1) is 26.9. The summed E-state index contributed by atoms with van der Waals surface area (Å²) < 4.78 is 12.1. The van der Waals surface area contributed by atoms with Gasteiger partial charge in [0, 0.05) is 5.69 Å². The number of rotatable bonds is 9. The van der Waals surface area contributed by atoms with Crippen LogP contribution in [0.25, 0.3) is 6.08 Å². The predicted molar refractivity (Wildman–Crippen MR) is 149 cm³/mol. The molecule has 1 saturated heterocycles. The number of urea groups is 1. The van der Waals surface area contributed by atoms with Crippen molar-refractivity contribution in [3.63, 3.8) is 0 Å². The van der Waals surface area contributed by atoms with Gasteiger partial charge in [0.2, 0.25) is 0 Å². The highest BCUT2D eigenvalue weighted by Gasteiger charge is 2.33. The molecule has 196 valence electrons. The SMILES string of the molecule is CCOc1cc(/C=C2/NC(=O)N(Cc3cccc(C)c3)C2=O)cc(Br)c1OCC(=O)Nc1ccc(C)cc1.